The summed E-state index contributed by atoms with van der Waals surface area (Å²) in [5.41, 5.74) is 6.20. The highest BCUT2D eigenvalue weighted by atomic mass is 16.5. The zero-order valence-electron chi connectivity index (χ0n) is 14.8. The molecule has 2 heterocycles. The van der Waals surface area contributed by atoms with Crippen molar-refractivity contribution in [3.63, 3.8) is 0 Å². The van der Waals surface area contributed by atoms with Gasteiger partial charge in [-0.1, -0.05) is 6.07 Å². The van der Waals surface area contributed by atoms with E-state index in [0.717, 1.165) is 38.0 Å². The highest BCUT2D eigenvalue weighted by molar-refractivity contribution is 5.94. The Balaban J connectivity index is 1.59. The molecule has 2 aliphatic rings. The van der Waals surface area contributed by atoms with Gasteiger partial charge in [0.05, 0.1) is 12.6 Å². The molecule has 0 aliphatic carbocycles. The second-order valence-corrected chi connectivity index (χ2v) is 6.78. The number of nitrogens with zero attached hydrogens (tertiary/aromatic N) is 2. The molecule has 2 saturated heterocycles. The van der Waals surface area contributed by atoms with Crippen molar-refractivity contribution in [2.75, 3.05) is 26.2 Å². The van der Waals surface area contributed by atoms with Gasteiger partial charge in [-0.15, -0.1) is 0 Å². The van der Waals surface area contributed by atoms with Crippen molar-refractivity contribution in [2.45, 2.75) is 44.7 Å². The van der Waals surface area contributed by atoms with Crippen LogP contribution in [0.1, 0.15) is 43.0 Å². The monoisotopic (exact) mass is 345 g/mol. The first-order chi connectivity index (χ1) is 12.1. The predicted octanol–water partition coefficient (Wildman–Crippen LogP) is 1.64. The highest BCUT2D eigenvalue weighted by Crippen LogP contribution is 2.26. The molecule has 2 fully saturated rings. The van der Waals surface area contributed by atoms with Gasteiger partial charge in [0, 0.05) is 24.7 Å². The molecule has 0 radical (unpaired) electrons. The number of hydrogen-bond donors (Lipinski definition) is 1. The van der Waals surface area contributed by atoms with Crippen LogP contribution in [0.25, 0.3) is 0 Å². The van der Waals surface area contributed by atoms with E-state index in [1.165, 1.54) is 0 Å². The number of primary amides is 1. The Hall–Kier alpha value is -2.08. The lowest BCUT2D eigenvalue weighted by Gasteiger charge is -2.38. The van der Waals surface area contributed by atoms with Crippen molar-refractivity contribution < 1.29 is 14.3 Å². The van der Waals surface area contributed by atoms with Crippen molar-refractivity contribution in [3.8, 4) is 5.75 Å². The normalized spacial score (nSPS) is 22.1. The number of ether oxygens (including phenoxy) is 1. The summed E-state index contributed by atoms with van der Waals surface area (Å²) in [6, 6.07) is 7.58. The fourth-order valence-corrected chi connectivity index (χ4v) is 4.00. The van der Waals surface area contributed by atoms with Crippen molar-refractivity contribution in [2.24, 2.45) is 5.73 Å². The molecule has 0 saturated carbocycles. The van der Waals surface area contributed by atoms with E-state index in [-0.39, 0.29) is 17.9 Å². The largest absolute Gasteiger partial charge is 0.494 e. The number of nitrogens with two attached hydrogens (primary N) is 1. The lowest BCUT2D eigenvalue weighted by Crippen LogP contribution is -2.51. The van der Waals surface area contributed by atoms with Crippen LogP contribution in [0, 0.1) is 0 Å². The molecule has 1 aromatic carbocycles. The van der Waals surface area contributed by atoms with Crippen LogP contribution in [0.15, 0.2) is 24.3 Å². The van der Waals surface area contributed by atoms with Crippen LogP contribution in [0.4, 0.5) is 0 Å². The molecular formula is C19H27N3O3. The fraction of sp³-hybridized carbons (Fsp3) is 0.579. The Morgan fingerprint density at radius 3 is 2.64 bits per heavy atom. The first kappa shape index (κ1) is 17.7. The van der Waals surface area contributed by atoms with Gasteiger partial charge in [-0.25, -0.2) is 0 Å². The summed E-state index contributed by atoms with van der Waals surface area (Å²) in [5, 5.41) is 0. The second-order valence-electron chi connectivity index (χ2n) is 6.78. The van der Waals surface area contributed by atoms with E-state index in [1.54, 1.807) is 0 Å². The number of amides is 2. The van der Waals surface area contributed by atoms with Crippen LogP contribution in [0.5, 0.6) is 5.75 Å². The molecule has 2 aliphatic heterocycles. The number of rotatable bonds is 5. The van der Waals surface area contributed by atoms with E-state index in [9.17, 15) is 9.59 Å². The van der Waals surface area contributed by atoms with Crippen molar-refractivity contribution in [1.82, 2.24) is 9.80 Å². The molecule has 25 heavy (non-hydrogen) atoms. The van der Waals surface area contributed by atoms with Gasteiger partial charge in [-0.2, -0.15) is 0 Å². The Labute approximate surface area is 148 Å². The Bertz CT molecular complexity index is 626. The van der Waals surface area contributed by atoms with Crippen LogP contribution in [-0.2, 0) is 4.79 Å². The molecule has 0 spiro atoms. The van der Waals surface area contributed by atoms with Crippen molar-refractivity contribution in [3.05, 3.63) is 29.8 Å². The van der Waals surface area contributed by atoms with Gasteiger partial charge in [0.1, 0.15) is 5.75 Å². The summed E-state index contributed by atoms with van der Waals surface area (Å²) in [5.74, 6) is 0.557. The molecule has 1 atom stereocenters. The SMILES string of the molecule is CCOc1cccc(C(=O)N2CCC(N3CCCC3C(N)=O)CC2)c1. The fourth-order valence-electron chi connectivity index (χ4n) is 4.00. The van der Waals surface area contributed by atoms with Crippen LogP contribution in [0.3, 0.4) is 0 Å². The summed E-state index contributed by atoms with van der Waals surface area (Å²) in [6.45, 7) is 4.87. The molecule has 1 unspecified atom stereocenters. The molecule has 0 aromatic heterocycles. The Morgan fingerprint density at radius 1 is 1.20 bits per heavy atom. The van der Waals surface area contributed by atoms with E-state index in [1.807, 2.05) is 36.1 Å². The average Bonchev–Trinajstić information content (AvgIpc) is 3.12. The lowest BCUT2D eigenvalue weighted by atomic mass is 10.0. The highest BCUT2D eigenvalue weighted by Gasteiger charge is 2.36. The van der Waals surface area contributed by atoms with Gasteiger partial charge in [-0.3, -0.25) is 14.5 Å². The van der Waals surface area contributed by atoms with E-state index in [2.05, 4.69) is 4.90 Å². The molecule has 2 N–H and O–H groups in total. The zero-order chi connectivity index (χ0) is 17.8. The number of carbonyl (C=O) groups is 2. The van der Waals surface area contributed by atoms with Gasteiger partial charge in [0.2, 0.25) is 5.91 Å². The van der Waals surface area contributed by atoms with E-state index in [4.69, 9.17) is 10.5 Å². The van der Waals surface area contributed by atoms with Crippen LogP contribution >= 0.6 is 0 Å². The third kappa shape index (κ3) is 3.95. The smallest absolute Gasteiger partial charge is 0.253 e. The van der Waals surface area contributed by atoms with Gasteiger partial charge < -0.3 is 15.4 Å². The van der Waals surface area contributed by atoms with Crippen LogP contribution in [0.2, 0.25) is 0 Å². The number of likely N-dealkylation sites (tertiary alicyclic amines) is 2. The number of carbonyl (C=O) groups excluding carboxylic acids is 2. The lowest BCUT2D eigenvalue weighted by molar-refractivity contribution is -0.123. The summed E-state index contributed by atoms with van der Waals surface area (Å²) >= 11 is 0. The zero-order valence-corrected chi connectivity index (χ0v) is 14.8. The quantitative estimate of drug-likeness (QED) is 0.880. The van der Waals surface area contributed by atoms with Gasteiger partial charge >= 0.3 is 0 Å². The maximum Gasteiger partial charge on any atom is 0.253 e. The number of benzene rings is 1. The maximum absolute atomic E-state index is 12.7. The van der Waals surface area contributed by atoms with Gasteiger partial charge in [-0.05, 0) is 57.4 Å². The average molecular weight is 345 g/mol. The second kappa shape index (κ2) is 7.87. The first-order valence-electron chi connectivity index (χ1n) is 9.17. The summed E-state index contributed by atoms with van der Waals surface area (Å²) < 4.78 is 5.48. The summed E-state index contributed by atoms with van der Waals surface area (Å²) in [6.07, 6.45) is 3.66. The number of piperidine rings is 1. The minimum atomic E-state index is -0.219. The minimum Gasteiger partial charge on any atom is -0.494 e. The molecule has 6 nitrogen and oxygen atoms in total. The third-order valence-corrected chi connectivity index (χ3v) is 5.24. The number of hydrogen-bond acceptors (Lipinski definition) is 4. The molecule has 6 heteroatoms. The Morgan fingerprint density at radius 2 is 1.96 bits per heavy atom. The molecular weight excluding hydrogens is 318 g/mol. The molecule has 0 bridgehead atoms. The first-order valence-corrected chi connectivity index (χ1v) is 9.17. The van der Waals surface area contributed by atoms with Crippen LogP contribution in [-0.4, -0.2) is 59.9 Å². The van der Waals surface area contributed by atoms with E-state index in [0.29, 0.717) is 31.3 Å². The van der Waals surface area contributed by atoms with Crippen molar-refractivity contribution in [1.29, 1.82) is 0 Å². The minimum absolute atomic E-state index is 0.0490. The molecule has 2 amide bonds. The maximum atomic E-state index is 12.7. The van der Waals surface area contributed by atoms with Gasteiger partial charge in [0.25, 0.3) is 5.91 Å². The summed E-state index contributed by atoms with van der Waals surface area (Å²) in [4.78, 5) is 28.5. The van der Waals surface area contributed by atoms with Crippen molar-refractivity contribution >= 4 is 11.8 Å². The Kier molecular flexibility index (Phi) is 5.58. The standard InChI is InChI=1S/C19H27N3O3/c1-2-25-16-6-3-5-14(13-16)19(24)21-11-8-15(9-12-21)22-10-4-7-17(22)18(20)23/h3,5-6,13,15,17H,2,4,7-12H2,1H3,(H2,20,23). The summed E-state index contributed by atoms with van der Waals surface area (Å²) in [7, 11) is 0. The predicted molar refractivity (Wildman–Crippen MR) is 95.5 cm³/mol. The van der Waals surface area contributed by atoms with E-state index < -0.39 is 0 Å². The third-order valence-electron chi connectivity index (χ3n) is 5.24. The van der Waals surface area contributed by atoms with Gasteiger partial charge in [0.15, 0.2) is 0 Å². The van der Waals surface area contributed by atoms with Crippen LogP contribution < -0.4 is 10.5 Å². The molecule has 1 aromatic rings. The topological polar surface area (TPSA) is 75.9 Å². The molecule has 136 valence electrons. The van der Waals surface area contributed by atoms with E-state index >= 15 is 0 Å². The molecule has 3 rings (SSSR count).